The van der Waals surface area contributed by atoms with Crippen LogP contribution in [0.4, 0.5) is 0 Å². The molecular formula is C7H10O. The van der Waals surface area contributed by atoms with Gasteiger partial charge in [0.25, 0.3) is 0 Å². The van der Waals surface area contributed by atoms with Crippen LogP contribution in [0.2, 0.25) is 0 Å². The van der Waals surface area contributed by atoms with Crippen LogP contribution in [0, 0.1) is 0 Å². The van der Waals surface area contributed by atoms with E-state index in [9.17, 15) is 0 Å². The highest BCUT2D eigenvalue weighted by Crippen LogP contribution is 2.03. The van der Waals surface area contributed by atoms with E-state index in [1.165, 1.54) is 0 Å². The van der Waals surface area contributed by atoms with Crippen LogP contribution in [0.15, 0.2) is 24.3 Å². The van der Waals surface area contributed by atoms with Crippen molar-refractivity contribution in [2.75, 3.05) is 0 Å². The molecule has 0 saturated carbocycles. The Bertz CT molecular complexity index is 99.6. The molecule has 0 saturated heterocycles. The predicted molar refractivity (Wildman–Crippen MR) is 33.5 cm³/mol. The van der Waals surface area contributed by atoms with Crippen molar-refractivity contribution in [2.24, 2.45) is 0 Å². The van der Waals surface area contributed by atoms with Gasteiger partial charge in [-0.05, 0) is 12.8 Å². The topological polar surface area (TPSA) is 20.2 Å². The standard InChI is InChI=1S/C7H10O/c8-7-5-3-1-2-4-6-7/h1-4,7-8H,5-6H2. The van der Waals surface area contributed by atoms with Crippen LogP contribution in [0.25, 0.3) is 0 Å². The fourth-order valence-electron chi connectivity index (χ4n) is 0.725. The molecule has 0 radical (unpaired) electrons. The van der Waals surface area contributed by atoms with Gasteiger partial charge in [-0.2, -0.15) is 0 Å². The molecule has 0 heterocycles. The Hall–Kier alpha value is -0.560. The molecule has 0 spiro atoms. The molecule has 0 atom stereocenters. The van der Waals surface area contributed by atoms with Crippen LogP contribution >= 0.6 is 0 Å². The van der Waals surface area contributed by atoms with Crippen LogP contribution in [-0.2, 0) is 0 Å². The van der Waals surface area contributed by atoms with E-state index in [0.717, 1.165) is 12.8 Å². The number of aliphatic hydroxyl groups is 1. The number of hydrogen-bond acceptors (Lipinski definition) is 1. The van der Waals surface area contributed by atoms with Gasteiger partial charge < -0.3 is 5.11 Å². The molecule has 0 aromatic heterocycles. The summed E-state index contributed by atoms with van der Waals surface area (Å²) in [6.45, 7) is 0. The van der Waals surface area contributed by atoms with Crippen molar-refractivity contribution in [1.29, 1.82) is 0 Å². The minimum atomic E-state index is -0.148. The summed E-state index contributed by atoms with van der Waals surface area (Å²) in [7, 11) is 0. The molecule has 1 aliphatic carbocycles. The van der Waals surface area contributed by atoms with Gasteiger partial charge >= 0.3 is 0 Å². The summed E-state index contributed by atoms with van der Waals surface area (Å²) in [6.07, 6.45) is 9.35. The van der Waals surface area contributed by atoms with Crippen molar-refractivity contribution in [3.63, 3.8) is 0 Å². The van der Waals surface area contributed by atoms with Crippen LogP contribution < -0.4 is 0 Å². The van der Waals surface area contributed by atoms with E-state index in [1.807, 2.05) is 24.3 Å². The molecule has 0 amide bonds. The number of hydrogen-bond donors (Lipinski definition) is 1. The monoisotopic (exact) mass is 110 g/mol. The number of allylic oxidation sites excluding steroid dienone is 2. The molecule has 1 aliphatic rings. The molecule has 1 rings (SSSR count). The third kappa shape index (κ3) is 1.51. The average Bonchev–Trinajstić information content (AvgIpc) is 1.94. The molecule has 0 bridgehead atoms. The third-order valence-electron chi connectivity index (χ3n) is 1.20. The van der Waals surface area contributed by atoms with E-state index in [2.05, 4.69) is 0 Å². The lowest BCUT2D eigenvalue weighted by molar-refractivity contribution is 0.182. The van der Waals surface area contributed by atoms with Gasteiger partial charge in [0.15, 0.2) is 0 Å². The van der Waals surface area contributed by atoms with Crippen molar-refractivity contribution in [1.82, 2.24) is 0 Å². The Kier molecular flexibility index (Phi) is 1.86. The zero-order chi connectivity index (χ0) is 5.82. The van der Waals surface area contributed by atoms with Crippen LogP contribution in [0.5, 0.6) is 0 Å². The first-order valence-corrected chi connectivity index (χ1v) is 2.89. The largest absolute Gasteiger partial charge is 0.392 e. The molecule has 0 aromatic rings. The first kappa shape index (κ1) is 5.57. The molecule has 0 aliphatic heterocycles. The van der Waals surface area contributed by atoms with Gasteiger partial charge in [0.2, 0.25) is 0 Å². The molecule has 8 heavy (non-hydrogen) atoms. The normalized spacial score (nSPS) is 21.1. The summed E-state index contributed by atoms with van der Waals surface area (Å²) in [5, 5.41) is 8.99. The molecular weight excluding hydrogens is 100 g/mol. The number of aliphatic hydroxyl groups excluding tert-OH is 1. The average molecular weight is 110 g/mol. The second kappa shape index (κ2) is 2.68. The molecule has 0 fully saturated rings. The molecule has 44 valence electrons. The van der Waals surface area contributed by atoms with Gasteiger partial charge in [0, 0.05) is 0 Å². The Morgan fingerprint density at radius 1 is 1.12 bits per heavy atom. The van der Waals surface area contributed by atoms with Gasteiger partial charge in [-0.15, -0.1) is 0 Å². The second-order valence-electron chi connectivity index (χ2n) is 1.98. The maximum absolute atomic E-state index is 8.99. The molecule has 1 heteroatoms. The van der Waals surface area contributed by atoms with Crippen molar-refractivity contribution < 1.29 is 5.11 Å². The maximum Gasteiger partial charge on any atom is 0.0609 e. The van der Waals surface area contributed by atoms with E-state index >= 15 is 0 Å². The Labute approximate surface area is 49.3 Å². The lowest BCUT2D eigenvalue weighted by Crippen LogP contribution is -2.00. The van der Waals surface area contributed by atoms with Gasteiger partial charge in [-0.3, -0.25) is 0 Å². The number of rotatable bonds is 0. The van der Waals surface area contributed by atoms with Crippen LogP contribution in [0.1, 0.15) is 12.8 Å². The smallest absolute Gasteiger partial charge is 0.0609 e. The van der Waals surface area contributed by atoms with Crippen molar-refractivity contribution >= 4 is 0 Å². The fourth-order valence-corrected chi connectivity index (χ4v) is 0.725. The maximum atomic E-state index is 8.99. The summed E-state index contributed by atoms with van der Waals surface area (Å²) in [5.74, 6) is 0. The summed E-state index contributed by atoms with van der Waals surface area (Å²) >= 11 is 0. The summed E-state index contributed by atoms with van der Waals surface area (Å²) in [6, 6.07) is 0. The van der Waals surface area contributed by atoms with Gasteiger partial charge in [0.05, 0.1) is 6.10 Å². The molecule has 0 aromatic carbocycles. The Morgan fingerprint density at radius 3 is 2.12 bits per heavy atom. The fraction of sp³-hybridized carbons (Fsp3) is 0.429. The van der Waals surface area contributed by atoms with E-state index in [1.54, 1.807) is 0 Å². The van der Waals surface area contributed by atoms with Crippen molar-refractivity contribution in [3.8, 4) is 0 Å². The zero-order valence-electron chi connectivity index (χ0n) is 4.75. The zero-order valence-corrected chi connectivity index (χ0v) is 4.75. The summed E-state index contributed by atoms with van der Waals surface area (Å²) < 4.78 is 0. The molecule has 0 unspecified atom stereocenters. The Morgan fingerprint density at radius 2 is 1.62 bits per heavy atom. The van der Waals surface area contributed by atoms with Crippen LogP contribution in [0.3, 0.4) is 0 Å². The van der Waals surface area contributed by atoms with E-state index < -0.39 is 0 Å². The summed E-state index contributed by atoms with van der Waals surface area (Å²) in [4.78, 5) is 0. The minimum absolute atomic E-state index is 0.148. The molecule has 1 N–H and O–H groups in total. The SMILES string of the molecule is OC1CC=CC=CC1. The first-order valence-electron chi connectivity index (χ1n) is 2.89. The quantitative estimate of drug-likeness (QED) is 0.497. The van der Waals surface area contributed by atoms with Crippen molar-refractivity contribution in [2.45, 2.75) is 18.9 Å². The van der Waals surface area contributed by atoms with Crippen molar-refractivity contribution in [3.05, 3.63) is 24.3 Å². The lowest BCUT2D eigenvalue weighted by atomic mass is 10.2. The highest BCUT2D eigenvalue weighted by molar-refractivity contribution is 5.06. The summed E-state index contributed by atoms with van der Waals surface area (Å²) in [5.41, 5.74) is 0. The predicted octanol–water partition coefficient (Wildman–Crippen LogP) is 1.25. The van der Waals surface area contributed by atoms with Gasteiger partial charge in [0.1, 0.15) is 0 Å². The van der Waals surface area contributed by atoms with Crippen LogP contribution in [-0.4, -0.2) is 11.2 Å². The minimum Gasteiger partial charge on any atom is -0.392 e. The third-order valence-corrected chi connectivity index (χ3v) is 1.20. The van der Waals surface area contributed by atoms with E-state index in [-0.39, 0.29) is 6.10 Å². The van der Waals surface area contributed by atoms with E-state index in [4.69, 9.17) is 5.11 Å². The second-order valence-corrected chi connectivity index (χ2v) is 1.98. The van der Waals surface area contributed by atoms with Gasteiger partial charge in [-0.1, -0.05) is 24.3 Å². The van der Waals surface area contributed by atoms with Gasteiger partial charge in [-0.25, -0.2) is 0 Å². The molecule has 1 nitrogen and oxygen atoms in total. The first-order chi connectivity index (χ1) is 3.89. The highest BCUT2D eigenvalue weighted by Gasteiger charge is 1.98. The highest BCUT2D eigenvalue weighted by atomic mass is 16.3. The van der Waals surface area contributed by atoms with E-state index in [0.29, 0.717) is 0 Å². The lowest BCUT2D eigenvalue weighted by Gasteiger charge is -1.99. The Balaban J connectivity index is 2.45.